The average Bonchev–Trinajstić information content (AvgIpc) is 2.32. The Morgan fingerprint density at radius 1 is 1.28 bits per heavy atom. The van der Waals surface area contributed by atoms with Crippen LogP contribution in [-0.4, -0.2) is 27.7 Å². The molecular weight excluding hydrogens is 252 g/mol. The van der Waals surface area contributed by atoms with Gasteiger partial charge < -0.3 is 10.5 Å². The second-order valence-corrected chi connectivity index (χ2v) is 6.22. The maximum absolute atomic E-state index is 12.0. The van der Waals surface area contributed by atoms with Gasteiger partial charge in [0.15, 0.2) is 0 Å². The number of benzene rings is 1. The summed E-state index contributed by atoms with van der Waals surface area (Å²) in [6, 6.07) is 7.00. The van der Waals surface area contributed by atoms with Gasteiger partial charge in [-0.2, -0.15) is 0 Å². The van der Waals surface area contributed by atoms with E-state index in [1.807, 2.05) is 0 Å². The Labute approximate surface area is 107 Å². The van der Waals surface area contributed by atoms with Gasteiger partial charge in [0.2, 0.25) is 10.0 Å². The van der Waals surface area contributed by atoms with Gasteiger partial charge in [-0.15, -0.1) is 0 Å². The van der Waals surface area contributed by atoms with Gasteiger partial charge in [0.1, 0.15) is 0 Å². The summed E-state index contributed by atoms with van der Waals surface area (Å²) in [7, 11) is -3.34. The topological polar surface area (TPSA) is 81.4 Å². The lowest BCUT2D eigenvalue weighted by Gasteiger charge is -2.23. The van der Waals surface area contributed by atoms with Crippen LogP contribution in [0, 0.1) is 0 Å². The van der Waals surface area contributed by atoms with Crippen molar-refractivity contribution < 1.29 is 13.2 Å². The number of anilines is 1. The van der Waals surface area contributed by atoms with Crippen LogP contribution in [0.4, 0.5) is 5.69 Å². The number of ether oxygens (including phenoxy) is 1. The maximum atomic E-state index is 12.0. The van der Waals surface area contributed by atoms with Crippen molar-refractivity contribution in [2.24, 2.45) is 0 Å². The second-order valence-electron chi connectivity index (χ2n) is 4.46. The Hall–Kier alpha value is -1.11. The number of nitrogens with one attached hydrogen (secondary N) is 1. The molecule has 5 nitrogen and oxygen atoms in total. The lowest BCUT2D eigenvalue weighted by molar-refractivity contribution is 0.0832. The summed E-state index contributed by atoms with van der Waals surface area (Å²) in [5.41, 5.74) is 6.89. The molecule has 3 N–H and O–H groups in total. The molecule has 18 heavy (non-hydrogen) atoms. The Morgan fingerprint density at radius 2 is 1.94 bits per heavy atom. The van der Waals surface area contributed by atoms with Gasteiger partial charge in [0.25, 0.3) is 0 Å². The SMILES string of the molecule is Nc1ccccc1CS(=O)(=O)NC1CCOCC1. The molecule has 1 aromatic carbocycles. The van der Waals surface area contributed by atoms with Gasteiger partial charge in [-0.1, -0.05) is 18.2 Å². The molecule has 0 atom stereocenters. The van der Waals surface area contributed by atoms with E-state index in [0.29, 0.717) is 24.5 Å². The number of nitrogens with two attached hydrogens (primary N) is 1. The van der Waals surface area contributed by atoms with Crippen molar-refractivity contribution in [3.8, 4) is 0 Å². The Morgan fingerprint density at radius 3 is 2.61 bits per heavy atom. The minimum Gasteiger partial charge on any atom is -0.398 e. The van der Waals surface area contributed by atoms with E-state index in [0.717, 1.165) is 12.8 Å². The lowest BCUT2D eigenvalue weighted by Crippen LogP contribution is -2.39. The summed E-state index contributed by atoms with van der Waals surface area (Å²) in [4.78, 5) is 0. The molecule has 0 aromatic heterocycles. The lowest BCUT2D eigenvalue weighted by atomic mass is 10.1. The largest absolute Gasteiger partial charge is 0.398 e. The fraction of sp³-hybridized carbons (Fsp3) is 0.500. The van der Waals surface area contributed by atoms with Crippen LogP contribution in [0.3, 0.4) is 0 Å². The third-order valence-electron chi connectivity index (χ3n) is 2.97. The molecule has 0 aliphatic carbocycles. The first-order valence-electron chi connectivity index (χ1n) is 5.98. The number of hydrogen-bond acceptors (Lipinski definition) is 4. The van der Waals surface area contributed by atoms with Crippen LogP contribution in [0.2, 0.25) is 0 Å². The molecule has 0 bridgehead atoms. The summed E-state index contributed by atoms with van der Waals surface area (Å²) in [6.45, 7) is 1.22. The van der Waals surface area contributed by atoms with E-state index >= 15 is 0 Å². The Kier molecular flexibility index (Phi) is 4.21. The van der Waals surface area contributed by atoms with E-state index < -0.39 is 10.0 Å². The van der Waals surface area contributed by atoms with Gasteiger partial charge in [-0.3, -0.25) is 0 Å². The molecule has 100 valence electrons. The number of rotatable bonds is 4. The van der Waals surface area contributed by atoms with Crippen molar-refractivity contribution in [3.63, 3.8) is 0 Å². The summed E-state index contributed by atoms with van der Waals surface area (Å²) < 4.78 is 31.9. The molecule has 1 fully saturated rings. The zero-order valence-corrected chi connectivity index (χ0v) is 10.9. The van der Waals surface area contributed by atoms with Crippen LogP contribution in [-0.2, 0) is 20.5 Å². The minimum absolute atomic E-state index is 0.0197. The van der Waals surface area contributed by atoms with Crippen molar-refractivity contribution in [3.05, 3.63) is 29.8 Å². The third kappa shape index (κ3) is 3.69. The Balaban J connectivity index is 2.01. The van der Waals surface area contributed by atoms with Crippen LogP contribution in [0.25, 0.3) is 0 Å². The highest BCUT2D eigenvalue weighted by Crippen LogP contribution is 2.15. The second kappa shape index (κ2) is 5.69. The van der Waals surface area contributed by atoms with Crippen molar-refractivity contribution in [2.45, 2.75) is 24.6 Å². The standard InChI is InChI=1S/C12H18N2O3S/c13-12-4-2-1-3-10(12)9-18(15,16)14-11-5-7-17-8-6-11/h1-4,11,14H,5-9,13H2. The maximum Gasteiger partial charge on any atom is 0.216 e. The highest BCUT2D eigenvalue weighted by Gasteiger charge is 2.21. The van der Waals surface area contributed by atoms with E-state index in [1.54, 1.807) is 24.3 Å². The number of hydrogen-bond donors (Lipinski definition) is 2. The van der Waals surface area contributed by atoms with Crippen LogP contribution >= 0.6 is 0 Å². The molecule has 1 aromatic rings. The molecule has 0 unspecified atom stereocenters. The summed E-state index contributed by atoms with van der Waals surface area (Å²) in [5.74, 6) is -0.0724. The van der Waals surface area contributed by atoms with Crippen LogP contribution in [0.15, 0.2) is 24.3 Å². The van der Waals surface area contributed by atoms with Crippen LogP contribution in [0.5, 0.6) is 0 Å². The smallest absolute Gasteiger partial charge is 0.216 e. The fourth-order valence-electron chi connectivity index (χ4n) is 1.98. The quantitative estimate of drug-likeness (QED) is 0.795. The van der Waals surface area contributed by atoms with Gasteiger partial charge in [-0.25, -0.2) is 13.1 Å². The van der Waals surface area contributed by atoms with Crippen LogP contribution < -0.4 is 10.5 Å². The van der Waals surface area contributed by atoms with E-state index in [4.69, 9.17) is 10.5 Å². The number of nitrogen functional groups attached to an aromatic ring is 1. The molecule has 1 heterocycles. The zero-order chi connectivity index (χ0) is 13.0. The molecule has 1 aliphatic heterocycles. The van der Waals surface area contributed by atoms with Gasteiger partial charge in [0, 0.05) is 24.9 Å². The monoisotopic (exact) mass is 270 g/mol. The Bertz CT molecular complexity index is 496. The first-order chi connectivity index (χ1) is 8.57. The predicted molar refractivity (Wildman–Crippen MR) is 70.5 cm³/mol. The normalized spacial score (nSPS) is 17.8. The van der Waals surface area contributed by atoms with Crippen molar-refractivity contribution in [1.29, 1.82) is 0 Å². The van der Waals surface area contributed by atoms with Gasteiger partial charge >= 0.3 is 0 Å². The zero-order valence-electron chi connectivity index (χ0n) is 10.1. The minimum atomic E-state index is -3.34. The molecule has 0 amide bonds. The molecule has 6 heteroatoms. The molecule has 0 saturated carbocycles. The molecular formula is C12H18N2O3S. The fourth-order valence-corrected chi connectivity index (χ4v) is 3.48. The third-order valence-corrected chi connectivity index (χ3v) is 4.35. The highest BCUT2D eigenvalue weighted by molar-refractivity contribution is 7.88. The van der Waals surface area contributed by atoms with Crippen LogP contribution in [0.1, 0.15) is 18.4 Å². The average molecular weight is 270 g/mol. The number of sulfonamides is 1. The number of para-hydroxylation sites is 1. The predicted octanol–water partition coefficient (Wildman–Crippen LogP) is 0.867. The summed E-state index contributed by atoms with van der Waals surface area (Å²) in [5, 5.41) is 0. The van der Waals surface area contributed by atoms with E-state index in [1.165, 1.54) is 0 Å². The highest BCUT2D eigenvalue weighted by atomic mass is 32.2. The van der Waals surface area contributed by atoms with E-state index in [-0.39, 0.29) is 11.8 Å². The van der Waals surface area contributed by atoms with E-state index in [9.17, 15) is 8.42 Å². The molecule has 1 aliphatic rings. The molecule has 0 spiro atoms. The van der Waals surface area contributed by atoms with Gasteiger partial charge in [-0.05, 0) is 24.5 Å². The molecule has 0 radical (unpaired) electrons. The van der Waals surface area contributed by atoms with Gasteiger partial charge in [0.05, 0.1) is 5.75 Å². The van der Waals surface area contributed by atoms with Crippen molar-refractivity contribution in [2.75, 3.05) is 18.9 Å². The summed E-state index contributed by atoms with van der Waals surface area (Å²) >= 11 is 0. The van der Waals surface area contributed by atoms with Crippen molar-refractivity contribution in [1.82, 2.24) is 4.72 Å². The molecule has 1 saturated heterocycles. The first-order valence-corrected chi connectivity index (χ1v) is 7.63. The van der Waals surface area contributed by atoms with E-state index in [2.05, 4.69) is 4.72 Å². The molecule has 2 rings (SSSR count). The van der Waals surface area contributed by atoms with Crippen molar-refractivity contribution >= 4 is 15.7 Å². The first kappa shape index (κ1) is 13.3. The summed E-state index contributed by atoms with van der Waals surface area (Å²) in [6.07, 6.45) is 1.45.